The van der Waals surface area contributed by atoms with E-state index in [1.807, 2.05) is 11.4 Å². The van der Waals surface area contributed by atoms with Crippen molar-refractivity contribution in [2.45, 2.75) is 18.8 Å². The second-order valence-corrected chi connectivity index (χ2v) is 6.11. The lowest BCUT2D eigenvalue weighted by molar-refractivity contribution is -0.125. The quantitative estimate of drug-likeness (QED) is 0.939. The Labute approximate surface area is 116 Å². The van der Waals surface area contributed by atoms with Crippen LogP contribution in [0.2, 0.25) is 0 Å². The fraction of sp³-hybridized carbons (Fsp3) is 0.364. The summed E-state index contributed by atoms with van der Waals surface area (Å²) in [5, 5.41) is 5.91. The number of thiophene rings is 1. The number of rotatable bonds is 3. The number of primary amides is 1. The number of nitrogens with two attached hydrogens (primary N) is 1. The lowest BCUT2D eigenvalue weighted by atomic mass is 9.73. The number of hydrogen-bond donors (Lipinski definition) is 1. The van der Waals surface area contributed by atoms with Gasteiger partial charge in [-0.15, -0.1) is 11.3 Å². The second-order valence-electron chi connectivity index (χ2n) is 4.28. The predicted molar refractivity (Wildman–Crippen MR) is 70.0 cm³/mol. The van der Waals surface area contributed by atoms with Crippen LogP contribution >= 0.6 is 27.3 Å². The maximum Gasteiger partial charge on any atom is 0.230 e. The molecule has 0 saturated heterocycles. The topological polar surface area (TPSA) is 82.0 Å². The van der Waals surface area contributed by atoms with Gasteiger partial charge in [0.2, 0.25) is 17.6 Å². The van der Waals surface area contributed by atoms with Crippen molar-refractivity contribution >= 4 is 33.2 Å². The predicted octanol–water partition coefficient (Wildman–Crippen LogP) is 2.54. The van der Waals surface area contributed by atoms with Crippen LogP contribution in [-0.2, 0) is 4.79 Å². The molecule has 1 saturated carbocycles. The third-order valence-corrected chi connectivity index (χ3v) is 4.87. The molecule has 7 heteroatoms. The highest BCUT2D eigenvalue weighted by atomic mass is 79.9. The molecule has 94 valence electrons. The van der Waals surface area contributed by atoms with E-state index in [1.54, 1.807) is 0 Å². The summed E-state index contributed by atoms with van der Waals surface area (Å²) in [4.78, 5) is 16.5. The number of amides is 1. The molecule has 1 fully saturated rings. The first-order valence-corrected chi connectivity index (χ1v) is 7.19. The highest BCUT2D eigenvalue weighted by molar-refractivity contribution is 9.10. The van der Waals surface area contributed by atoms with Crippen LogP contribution in [0.4, 0.5) is 0 Å². The Morgan fingerprint density at radius 1 is 1.56 bits per heavy atom. The Balaban J connectivity index is 1.84. The normalized spacial score (nSPS) is 22.7. The van der Waals surface area contributed by atoms with Gasteiger partial charge >= 0.3 is 0 Å². The largest absolute Gasteiger partial charge is 0.369 e. The lowest BCUT2D eigenvalue weighted by Gasteiger charge is -2.30. The number of halogens is 1. The zero-order chi connectivity index (χ0) is 12.7. The molecular formula is C11H10BrN3O2S. The van der Waals surface area contributed by atoms with Crippen LogP contribution in [0.1, 0.15) is 24.7 Å². The molecule has 0 radical (unpaired) electrons. The Hall–Kier alpha value is -1.21. The molecular weight excluding hydrogens is 318 g/mol. The van der Waals surface area contributed by atoms with E-state index in [9.17, 15) is 4.79 Å². The fourth-order valence-corrected chi connectivity index (χ4v) is 3.40. The number of carbonyl (C=O) groups excluding carboxylic acids is 1. The average Bonchev–Trinajstić information content (AvgIpc) is 2.84. The summed E-state index contributed by atoms with van der Waals surface area (Å²) in [5.41, 5.74) is 5.31. The molecule has 0 aromatic carbocycles. The van der Waals surface area contributed by atoms with Gasteiger partial charge in [-0.25, -0.2) is 0 Å². The van der Waals surface area contributed by atoms with Crippen molar-refractivity contribution in [3.63, 3.8) is 0 Å². The van der Waals surface area contributed by atoms with Crippen molar-refractivity contribution < 1.29 is 9.32 Å². The van der Waals surface area contributed by atoms with Crippen molar-refractivity contribution in [3.05, 3.63) is 21.8 Å². The Kier molecular flexibility index (Phi) is 2.95. The van der Waals surface area contributed by atoms with Gasteiger partial charge in [0.05, 0.1) is 10.8 Å². The minimum atomic E-state index is -0.287. The summed E-state index contributed by atoms with van der Waals surface area (Å²) in [6.07, 6.45) is 1.69. The van der Waals surface area contributed by atoms with Crippen LogP contribution < -0.4 is 5.73 Å². The standard InChI is InChI=1S/C11H10BrN3O2S/c12-5-3-8(18-4-5)10-14-11(17-15-10)7-2-1-6(7)9(13)16/h3-4,6-7H,1-2H2,(H2,13,16). The molecule has 18 heavy (non-hydrogen) atoms. The zero-order valence-electron chi connectivity index (χ0n) is 9.30. The van der Waals surface area contributed by atoms with Gasteiger partial charge in [-0.05, 0) is 34.8 Å². The first-order chi connectivity index (χ1) is 8.65. The lowest BCUT2D eigenvalue weighted by Crippen LogP contribution is -2.36. The van der Waals surface area contributed by atoms with Crippen molar-refractivity contribution in [3.8, 4) is 10.7 Å². The highest BCUT2D eigenvalue weighted by Crippen LogP contribution is 2.42. The van der Waals surface area contributed by atoms with Crippen molar-refractivity contribution in [2.75, 3.05) is 0 Å². The zero-order valence-corrected chi connectivity index (χ0v) is 11.7. The maximum absolute atomic E-state index is 11.2. The number of carbonyl (C=O) groups is 1. The molecule has 2 aromatic heterocycles. The van der Waals surface area contributed by atoms with Crippen LogP contribution in [0.15, 0.2) is 20.4 Å². The molecule has 0 aliphatic heterocycles. The third-order valence-electron chi connectivity index (χ3n) is 3.19. The number of nitrogens with zero attached hydrogens (tertiary/aromatic N) is 2. The molecule has 2 atom stereocenters. The molecule has 1 amide bonds. The van der Waals surface area contributed by atoms with Crippen LogP contribution in [0.5, 0.6) is 0 Å². The van der Waals surface area contributed by atoms with Crippen LogP contribution in [0, 0.1) is 5.92 Å². The van der Waals surface area contributed by atoms with Crippen LogP contribution in [0.3, 0.4) is 0 Å². The third kappa shape index (κ3) is 1.97. The molecule has 1 aliphatic carbocycles. The van der Waals surface area contributed by atoms with Crippen molar-refractivity contribution in [1.29, 1.82) is 0 Å². The molecule has 2 N–H and O–H groups in total. The minimum Gasteiger partial charge on any atom is -0.369 e. The van der Waals surface area contributed by atoms with E-state index < -0.39 is 0 Å². The number of aromatic nitrogens is 2. The summed E-state index contributed by atoms with van der Waals surface area (Å²) in [7, 11) is 0. The van der Waals surface area contributed by atoms with Crippen molar-refractivity contribution in [2.24, 2.45) is 11.7 Å². The van der Waals surface area contributed by atoms with Crippen LogP contribution in [-0.4, -0.2) is 16.0 Å². The van der Waals surface area contributed by atoms with Gasteiger partial charge in [-0.1, -0.05) is 5.16 Å². The van der Waals surface area contributed by atoms with E-state index in [1.165, 1.54) is 11.3 Å². The van der Waals surface area contributed by atoms with E-state index in [0.29, 0.717) is 11.7 Å². The second kappa shape index (κ2) is 4.47. The molecule has 0 bridgehead atoms. The molecule has 1 aliphatic rings. The monoisotopic (exact) mass is 327 g/mol. The van der Waals surface area contributed by atoms with E-state index in [4.69, 9.17) is 10.3 Å². The minimum absolute atomic E-state index is 0.00727. The summed E-state index contributed by atoms with van der Waals surface area (Å²) >= 11 is 4.92. The van der Waals surface area contributed by atoms with E-state index in [2.05, 4.69) is 26.1 Å². The number of hydrogen-bond acceptors (Lipinski definition) is 5. The average molecular weight is 328 g/mol. The highest BCUT2D eigenvalue weighted by Gasteiger charge is 2.40. The smallest absolute Gasteiger partial charge is 0.230 e. The van der Waals surface area contributed by atoms with Gasteiger partial charge in [0.15, 0.2) is 0 Å². The van der Waals surface area contributed by atoms with Gasteiger partial charge in [0.1, 0.15) is 0 Å². The summed E-state index contributed by atoms with van der Waals surface area (Å²) in [6, 6.07) is 1.94. The van der Waals surface area contributed by atoms with Crippen LogP contribution in [0.25, 0.3) is 10.7 Å². The molecule has 5 nitrogen and oxygen atoms in total. The molecule has 2 unspecified atom stereocenters. The van der Waals surface area contributed by atoms with Gasteiger partial charge in [-0.3, -0.25) is 4.79 Å². The van der Waals surface area contributed by atoms with Gasteiger partial charge in [0, 0.05) is 15.8 Å². The Morgan fingerprint density at radius 3 is 2.94 bits per heavy atom. The Morgan fingerprint density at radius 2 is 2.39 bits per heavy atom. The van der Waals surface area contributed by atoms with Gasteiger partial charge in [0.25, 0.3) is 0 Å². The first kappa shape index (κ1) is 11.9. The summed E-state index contributed by atoms with van der Waals surface area (Å²) in [5.74, 6) is 0.630. The molecule has 2 aromatic rings. The fourth-order valence-electron chi connectivity index (χ4n) is 2.05. The molecule has 0 spiro atoms. The van der Waals surface area contributed by atoms with E-state index in [-0.39, 0.29) is 17.7 Å². The van der Waals surface area contributed by atoms with E-state index in [0.717, 1.165) is 22.2 Å². The maximum atomic E-state index is 11.2. The Bertz CT molecular complexity index is 595. The van der Waals surface area contributed by atoms with Crippen molar-refractivity contribution in [1.82, 2.24) is 10.1 Å². The first-order valence-electron chi connectivity index (χ1n) is 5.52. The summed E-state index contributed by atoms with van der Waals surface area (Å²) < 4.78 is 6.23. The summed E-state index contributed by atoms with van der Waals surface area (Å²) in [6.45, 7) is 0. The van der Waals surface area contributed by atoms with E-state index >= 15 is 0 Å². The molecule has 3 rings (SSSR count). The van der Waals surface area contributed by atoms with Gasteiger partial charge in [-0.2, -0.15) is 4.98 Å². The SMILES string of the molecule is NC(=O)C1CCC1c1nc(-c2cc(Br)cs2)no1. The van der Waals surface area contributed by atoms with Gasteiger partial charge < -0.3 is 10.3 Å². The molecule has 2 heterocycles.